The maximum Gasteiger partial charge on any atom is 0.291 e. The van der Waals surface area contributed by atoms with Gasteiger partial charge in [0.25, 0.3) is 23.6 Å². The molecule has 2 atom stereocenters. The number of benzene rings is 3. The fourth-order valence-electron chi connectivity index (χ4n) is 13.4. The molecule has 0 saturated carbocycles. The van der Waals surface area contributed by atoms with Crippen LogP contribution in [0.1, 0.15) is 106 Å². The first-order chi connectivity index (χ1) is 64.6. The van der Waals surface area contributed by atoms with Crippen LogP contribution in [0.5, 0.6) is 0 Å². The predicted molar refractivity (Wildman–Crippen MR) is 496 cm³/mol. The summed E-state index contributed by atoms with van der Waals surface area (Å²) in [6, 6.07) is 24.3. The smallest absolute Gasteiger partial charge is 0.291 e. The number of aryl methyl sites for hydroxylation is 5. The number of amides is 11. The summed E-state index contributed by atoms with van der Waals surface area (Å²) >= 11 is 6.14. The van der Waals surface area contributed by atoms with E-state index >= 15 is 0 Å². The van der Waals surface area contributed by atoms with Gasteiger partial charge in [-0.3, -0.25) is 58.1 Å². The highest BCUT2D eigenvalue weighted by Crippen LogP contribution is 2.42. The number of anilines is 9. The Labute approximate surface area is 779 Å². The van der Waals surface area contributed by atoms with Crippen molar-refractivity contribution in [3.05, 3.63) is 144 Å². The van der Waals surface area contributed by atoms with Crippen molar-refractivity contribution >= 4 is 134 Å². The van der Waals surface area contributed by atoms with Crippen LogP contribution in [0.3, 0.4) is 0 Å². The number of imidazole rings is 3. The molecule has 46 heteroatoms. The number of hydrogen-bond donors (Lipinski definition) is 14. The van der Waals surface area contributed by atoms with Crippen molar-refractivity contribution in [1.82, 2.24) is 59.1 Å². The fourth-order valence-corrected chi connectivity index (χ4v) is 13.5. The highest BCUT2D eigenvalue weighted by atomic mass is 35.5. The maximum atomic E-state index is 13.4. The molecule has 0 saturated heterocycles. The summed E-state index contributed by atoms with van der Waals surface area (Å²) in [4.78, 5) is 157. The Morgan fingerprint density at radius 3 is 1.30 bits per heavy atom. The van der Waals surface area contributed by atoms with E-state index in [1.807, 2.05) is 65.6 Å². The quantitative estimate of drug-likeness (QED) is 0.0140. The molecule has 0 aliphatic carbocycles. The topological polar surface area (TPSA) is 550 Å². The van der Waals surface area contributed by atoms with E-state index in [9.17, 15) is 52.7 Å². The second-order valence-corrected chi connectivity index (χ2v) is 30.9. The molecule has 0 unspecified atom stereocenters. The number of nitrogens with two attached hydrogens (primary N) is 1. The van der Waals surface area contributed by atoms with Gasteiger partial charge >= 0.3 is 0 Å². The van der Waals surface area contributed by atoms with E-state index in [2.05, 4.69) is 91.7 Å². The minimum Gasteiger partial charge on any atom is -0.379 e. The van der Waals surface area contributed by atoms with Crippen LogP contribution in [0.2, 0.25) is 5.02 Å². The van der Waals surface area contributed by atoms with Crippen LogP contribution in [0.15, 0.2) is 110 Å². The van der Waals surface area contributed by atoms with Gasteiger partial charge in [-0.1, -0.05) is 29.8 Å². The van der Waals surface area contributed by atoms with E-state index in [-0.39, 0.29) is 168 Å². The normalized spacial score (nSPS) is 12.7. The summed E-state index contributed by atoms with van der Waals surface area (Å²) in [5.41, 5.74) is 11.4. The molecule has 0 radical (unpaired) electrons. The molecule has 45 nitrogen and oxygen atoms in total. The predicted octanol–water partition coefficient (Wildman–Crippen LogP) is 4.67. The van der Waals surface area contributed by atoms with Crippen LogP contribution in [0, 0.1) is 5.41 Å². The first-order valence-electron chi connectivity index (χ1n) is 43.5. The summed E-state index contributed by atoms with van der Waals surface area (Å²) in [5, 5.41) is 40.8. The van der Waals surface area contributed by atoms with Gasteiger partial charge in [0.05, 0.1) is 163 Å². The van der Waals surface area contributed by atoms with Gasteiger partial charge in [-0.2, -0.15) is 0 Å². The first kappa shape index (κ1) is 105. The number of hydrogen-bond acceptors (Lipinski definition) is 27. The molecule has 9 rings (SSSR count). The minimum atomic E-state index is -0.672. The molecule has 8 aromatic rings. The maximum absolute atomic E-state index is 13.4. The van der Waals surface area contributed by atoms with Crippen LogP contribution >= 0.6 is 11.6 Å². The lowest BCUT2D eigenvalue weighted by Gasteiger charge is -2.39. The van der Waals surface area contributed by atoms with Crippen LogP contribution < -0.4 is 74.4 Å². The van der Waals surface area contributed by atoms with E-state index in [0.29, 0.717) is 134 Å². The lowest BCUT2D eigenvalue weighted by atomic mass is 9.89. The molecule has 726 valence electrons. The van der Waals surface area contributed by atoms with Crippen molar-refractivity contribution in [3.8, 4) is 11.1 Å². The minimum absolute atomic E-state index is 0.00484. The summed E-state index contributed by atoms with van der Waals surface area (Å²) in [7, 11) is 7.90. The third-order valence-corrected chi connectivity index (χ3v) is 20.1. The molecule has 5 aromatic heterocycles. The van der Waals surface area contributed by atoms with E-state index in [1.165, 1.54) is 62.2 Å². The average molecular weight is 1890 g/mol. The second kappa shape index (κ2) is 56.1. The van der Waals surface area contributed by atoms with Crippen LogP contribution in [-0.4, -0.2) is 286 Å². The highest BCUT2D eigenvalue weighted by Gasteiger charge is 2.33. The molecule has 134 heavy (non-hydrogen) atoms. The SMILES string of the molecule is CC(=O)N1c2ccc(-c3ccc(NC(=O)CCOCCOCCOCCOCCOCCOCCOCCOCCNC(=O)c4nc(NC(=O)CCNC(=O)c5cc(NC(=O)c6nc(NC(=O)CCC(=O)Nc7cc(NC(=O)c8nc(NC(=O)CCNC(=O)COCCOCCOCCNC(=N)N)cn8C)cn7C)cn6C)cn5C)cn4C)cc3)cc2[C@H](Nc2ccc(Cl)cc2)C[C@@H]1C. The summed E-state index contributed by atoms with van der Waals surface area (Å²) < 4.78 is 67.8. The molecule has 0 fully saturated rings. The lowest BCUT2D eigenvalue weighted by molar-refractivity contribution is -0.126. The van der Waals surface area contributed by atoms with Crippen molar-refractivity contribution in [1.29, 1.82) is 5.41 Å². The summed E-state index contributed by atoms with van der Waals surface area (Å²) in [6.07, 6.45) is 7.51. The molecule has 1 aliphatic rings. The van der Waals surface area contributed by atoms with Crippen molar-refractivity contribution in [2.75, 3.05) is 219 Å². The number of carbonyl (C=O) groups is 11. The van der Waals surface area contributed by atoms with E-state index < -0.39 is 53.2 Å². The number of fused-ring (bicyclic) bond motifs is 1. The highest BCUT2D eigenvalue weighted by molar-refractivity contribution is 6.30. The molecular formula is C88H120ClN23O22. The van der Waals surface area contributed by atoms with Crippen molar-refractivity contribution in [3.63, 3.8) is 0 Å². The van der Waals surface area contributed by atoms with Crippen LogP contribution in [0.25, 0.3) is 11.1 Å². The Morgan fingerprint density at radius 2 is 0.799 bits per heavy atom. The van der Waals surface area contributed by atoms with Gasteiger partial charge in [-0.05, 0) is 84.6 Å². The first-order valence-corrected chi connectivity index (χ1v) is 43.9. The Hall–Kier alpha value is -13.1. The van der Waals surface area contributed by atoms with E-state index in [4.69, 9.17) is 74.8 Å². The number of aromatic nitrogens is 8. The third kappa shape index (κ3) is 36.5. The van der Waals surface area contributed by atoms with Gasteiger partial charge in [0.1, 0.15) is 18.1 Å². The summed E-state index contributed by atoms with van der Waals surface area (Å²) in [6.45, 7) is 11.0. The summed E-state index contributed by atoms with van der Waals surface area (Å²) in [5.74, 6) is -4.72. The molecule has 1 aliphatic heterocycles. The standard InChI is InChI=1S/C88H120ClN23O22/c1-58-48-68(96-63-15-11-62(89)12-16-63)67-49-61(10-17-69(67)112(58)59(2)113)60-8-13-64(14-9-60)97-79(118)22-27-124-30-33-127-36-38-129-40-42-131-44-45-132-43-41-130-39-37-128-34-31-125-28-25-94-85(121)81-103-72(54-109(81)5)101-78(117)21-24-93-84(120)70-50-65(52-107(70)3)98-86(122)82-104-71(55-110(82)6)100-75(114)18-19-76(115)106-74-51-66(53-108(74)4)99-87(123)83-105-73(56-111(83)7)102-77(116)20-23-92-80(119)57-134-47-46-133-35-32-126-29-26-95-88(90)91/h8-17,49-56,58,68,96H,18-48,57H2,1-7H3,(H,92,119)(H,93,120)(H,94,121)(H,97,118)(H,98,122)(H,99,123)(H,100,114)(H,101,117)(H,102,116)(H,106,115)(H4,90,91,95)/t58-,68+/m0/s1. The number of nitrogens with zero attached hydrogens (tertiary/aromatic N) is 9. The van der Waals surface area contributed by atoms with Crippen molar-refractivity contribution < 1.29 is 105 Å². The number of ether oxygens (including phenoxy) is 11. The Balaban J connectivity index is 0.522. The number of rotatable bonds is 61. The zero-order valence-corrected chi connectivity index (χ0v) is 76.9. The Bertz CT molecular complexity index is 5190. The van der Waals surface area contributed by atoms with Gasteiger partial charge in [0.15, 0.2) is 23.4 Å². The number of halogens is 1. The average Bonchev–Trinajstić information content (AvgIpc) is 0.964. The Morgan fingerprint density at radius 1 is 0.388 bits per heavy atom. The monoisotopic (exact) mass is 1890 g/mol. The third-order valence-electron chi connectivity index (χ3n) is 19.8. The van der Waals surface area contributed by atoms with Gasteiger partial charge in [-0.25, -0.2) is 15.0 Å². The van der Waals surface area contributed by atoms with Crippen molar-refractivity contribution in [2.45, 2.75) is 64.5 Å². The largest absolute Gasteiger partial charge is 0.379 e. The second-order valence-electron chi connectivity index (χ2n) is 30.4. The number of guanidine groups is 1. The molecule has 0 bridgehead atoms. The number of nitrogens with one attached hydrogen (secondary N) is 13. The molecule has 15 N–H and O–H groups in total. The molecule has 6 heterocycles. The lowest BCUT2D eigenvalue weighted by Crippen LogP contribution is -2.43. The number of carbonyl (C=O) groups excluding carboxylic acids is 11. The molecular weight excluding hydrogens is 1770 g/mol. The fraction of sp³-hybridized carbons (Fsp3) is 0.466. The van der Waals surface area contributed by atoms with Crippen LogP contribution in [-0.2, 0) is 121 Å². The van der Waals surface area contributed by atoms with Crippen molar-refractivity contribution in [2.24, 2.45) is 41.0 Å². The molecule has 0 spiro atoms. The molecule has 3 aromatic carbocycles. The van der Waals surface area contributed by atoms with Gasteiger partial charge in [-0.15, -0.1) is 0 Å². The van der Waals surface area contributed by atoms with Gasteiger partial charge in [0.2, 0.25) is 58.8 Å². The van der Waals surface area contributed by atoms with E-state index in [1.54, 1.807) is 45.9 Å². The Kier molecular flexibility index (Phi) is 43.8. The van der Waals surface area contributed by atoms with Gasteiger partial charge < -0.3 is 149 Å². The molecule has 11 amide bonds. The zero-order chi connectivity index (χ0) is 96.1. The van der Waals surface area contributed by atoms with Crippen LogP contribution in [0.4, 0.5) is 51.7 Å². The van der Waals surface area contributed by atoms with E-state index in [0.717, 1.165) is 34.5 Å². The zero-order valence-electron chi connectivity index (χ0n) is 76.1. The van der Waals surface area contributed by atoms with Gasteiger partial charge in [0, 0.05) is 159 Å².